The molecule has 118 valence electrons. The summed E-state index contributed by atoms with van der Waals surface area (Å²) in [6.07, 6.45) is -1.15. The lowest BCUT2D eigenvalue weighted by Gasteiger charge is -2.33. The molecule has 21 heavy (non-hydrogen) atoms. The molecule has 6 heteroatoms. The molecule has 0 aromatic heterocycles. The van der Waals surface area contributed by atoms with Crippen molar-refractivity contribution in [1.29, 1.82) is 0 Å². The van der Waals surface area contributed by atoms with Crippen molar-refractivity contribution < 1.29 is 19.7 Å². The maximum atomic E-state index is 11.3. The number of esters is 1. The molecule has 1 aromatic carbocycles. The number of hydrogen-bond donors (Lipinski definition) is 2. The molecule has 0 amide bonds. The van der Waals surface area contributed by atoms with Gasteiger partial charge in [-0.2, -0.15) is 0 Å². The summed E-state index contributed by atoms with van der Waals surface area (Å²) in [5.41, 5.74) is 0.0545. The molecular weight excluding hydrogens is 315 g/mol. The predicted molar refractivity (Wildman–Crippen MR) is 82.5 cm³/mol. The van der Waals surface area contributed by atoms with Crippen LogP contribution in [0.1, 0.15) is 38.9 Å². The van der Waals surface area contributed by atoms with Crippen LogP contribution in [0.2, 0.25) is 10.0 Å². The smallest absolute Gasteiger partial charge is 0.303 e. The largest absolute Gasteiger partial charge is 0.458 e. The molecule has 0 bridgehead atoms. The van der Waals surface area contributed by atoms with Gasteiger partial charge in [-0.05, 0) is 29.5 Å². The highest BCUT2D eigenvalue weighted by Gasteiger charge is 2.32. The lowest BCUT2D eigenvalue weighted by molar-refractivity contribution is -0.149. The summed E-state index contributed by atoms with van der Waals surface area (Å²) >= 11 is 11.9. The van der Waals surface area contributed by atoms with Crippen molar-refractivity contribution in [1.82, 2.24) is 0 Å². The van der Waals surface area contributed by atoms with Crippen molar-refractivity contribution in [2.24, 2.45) is 5.41 Å². The van der Waals surface area contributed by atoms with Gasteiger partial charge in [0.1, 0.15) is 6.10 Å². The molecule has 2 unspecified atom stereocenters. The van der Waals surface area contributed by atoms with Gasteiger partial charge in [0.25, 0.3) is 0 Å². The number of carbonyl (C=O) groups excluding carboxylic acids is 1. The Labute approximate surface area is 134 Å². The normalized spacial score (nSPS) is 14.6. The third-order valence-corrected chi connectivity index (χ3v) is 4.15. The Kier molecular flexibility index (Phi) is 6.47. The predicted octanol–water partition coefficient (Wildman–Crippen LogP) is 3.37. The van der Waals surface area contributed by atoms with Gasteiger partial charge in [0.15, 0.2) is 0 Å². The monoisotopic (exact) mass is 334 g/mol. The molecule has 0 spiro atoms. The zero-order chi connectivity index (χ0) is 16.2. The molecule has 2 N–H and O–H groups in total. The number of benzene rings is 1. The van der Waals surface area contributed by atoms with Gasteiger partial charge in [0, 0.05) is 6.92 Å². The van der Waals surface area contributed by atoms with E-state index < -0.39 is 23.6 Å². The molecule has 4 nitrogen and oxygen atoms in total. The highest BCUT2D eigenvalue weighted by Crippen LogP contribution is 2.37. The lowest BCUT2D eigenvalue weighted by Crippen LogP contribution is -2.34. The quantitative estimate of drug-likeness (QED) is 0.782. The number of rotatable bonds is 6. The summed E-state index contributed by atoms with van der Waals surface area (Å²) in [6.45, 7) is 4.55. The van der Waals surface area contributed by atoms with Gasteiger partial charge in [0.05, 0.1) is 22.8 Å². The van der Waals surface area contributed by atoms with E-state index in [9.17, 15) is 9.90 Å². The first-order valence-corrected chi connectivity index (χ1v) is 7.34. The Morgan fingerprint density at radius 3 is 2.43 bits per heavy atom. The highest BCUT2D eigenvalue weighted by molar-refractivity contribution is 6.42. The van der Waals surface area contributed by atoms with E-state index >= 15 is 0 Å². The maximum absolute atomic E-state index is 11.3. The molecule has 1 aromatic rings. The van der Waals surface area contributed by atoms with Crippen LogP contribution in [-0.2, 0) is 9.53 Å². The maximum Gasteiger partial charge on any atom is 0.303 e. The molecule has 0 fully saturated rings. The summed E-state index contributed by atoms with van der Waals surface area (Å²) in [4.78, 5) is 11.3. The minimum Gasteiger partial charge on any atom is -0.458 e. The van der Waals surface area contributed by atoms with E-state index in [0.29, 0.717) is 22.0 Å². The minimum atomic E-state index is -0.918. The van der Waals surface area contributed by atoms with Gasteiger partial charge < -0.3 is 14.9 Å². The fourth-order valence-corrected chi connectivity index (χ4v) is 2.31. The number of ether oxygens (including phenoxy) is 1. The third kappa shape index (κ3) is 5.15. The number of halogens is 2. The molecule has 1 rings (SSSR count). The first kappa shape index (κ1) is 18.2. The van der Waals surface area contributed by atoms with Crippen molar-refractivity contribution >= 4 is 29.2 Å². The third-order valence-electron chi connectivity index (χ3n) is 3.41. The van der Waals surface area contributed by atoms with Crippen LogP contribution in [0.15, 0.2) is 18.2 Å². The molecule has 0 aliphatic rings. The van der Waals surface area contributed by atoms with Crippen molar-refractivity contribution in [2.45, 2.75) is 39.4 Å². The molecule has 0 saturated heterocycles. The van der Waals surface area contributed by atoms with Gasteiger partial charge in [-0.1, -0.05) is 43.1 Å². The minimum absolute atomic E-state index is 0.340. The Morgan fingerprint density at radius 2 is 1.95 bits per heavy atom. The summed E-state index contributed by atoms with van der Waals surface area (Å²) in [7, 11) is 0. The number of hydrogen-bond acceptors (Lipinski definition) is 4. The second-order valence-corrected chi connectivity index (χ2v) is 6.48. The fraction of sp³-hybridized carbons (Fsp3) is 0.533. The van der Waals surface area contributed by atoms with E-state index in [4.69, 9.17) is 33.0 Å². The topological polar surface area (TPSA) is 66.8 Å². The van der Waals surface area contributed by atoms with Gasteiger partial charge >= 0.3 is 5.97 Å². The Morgan fingerprint density at radius 1 is 1.33 bits per heavy atom. The molecule has 0 aliphatic carbocycles. The molecule has 2 atom stereocenters. The van der Waals surface area contributed by atoms with E-state index in [-0.39, 0.29) is 6.61 Å². The van der Waals surface area contributed by atoms with Gasteiger partial charge in [-0.15, -0.1) is 0 Å². The zero-order valence-corrected chi connectivity index (χ0v) is 13.8. The Hall–Kier alpha value is -0.810. The van der Waals surface area contributed by atoms with E-state index in [1.807, 2.05) is 0 Å². The molecule has 0 saturated carbocycles. The summed E-state index contributed by atoms with van der Waals surface area (Å²) in [5, 5.41) is 19.8. The van der Waals surface area contributed by atoms with E-state index in [1.54, 1.807) is 32.0 Å². The van der Waals surface area contributed by atoms with Crippen LogP contribution in [0.5, 0.6) is 0 Å². The second kappa shape index (κ2) is 7.45. The molecule has 0 heterocycles. The van der Waals surface area contributed by atoms with E-state index in [2.05, 4.69) is 0 Å². The lowest BCUT2D eigenvalue weighted by atomic mass is 9.80. The van der Waals surface area contributed by atoms with Crippen LogP contribution in [0.4, 0.5) is 0 Å². The fourth-order valence-electron chi connectivity index (χ4n) is 2.00. The molecular formula is C15H20Cl2O4. The molecule has 0 radical (unpaired) electrons. The summed E-state index contributed by atoms with van der Waals surface area (Å²) in [5.74, 6) is -0.430. The van der Waals surface area contributed by atoms with Crippen molar-refractivity contribution in [3.63, 3.8) is 0 Å². The van der Waals surface area contributed by atoms with Crippen molar-refractivity contribution in [3.8, 4) is 0 Å². The van der Waals surface area contributed by atoms with Crippen LogP contribution in [0.3, 0.4) is 0 Å². The van der Waals surface area contributed by atoms with Crippen LogP contribution < -0.4 is 0 Å². The summed E-state index contributed by atoms with van der Waals surface area (Å²) < 4.78 is 5.33. The first-order valence-electron chi connectivity index (χ1n) is 6.58. The van der Waals surface area contributed by atoms with Crippen molar-refractivity contribution in [3.05, 3.63) is 33.8 Å². The van der Waals surface area contributed by atoms with Gasteiger partial charge in [-0.3, -0.25) is 4.79 Å². The van der Waals surface area contributed by atoms with Crippen LogP contribution >= 0.6 is 23.2 Å². The number of aliphatic hydroxyl groups is 2. The Balaban J connectivity index is 3.05. The first-order chi connectivity index (χ1) is 9.67. The second-order valence-electron chi connectivity index (χ2n) is 5.66. The average molecular weight is 335 g/mol. The SMILES string of the molecule is CC(=O)OC(CC(C)(C)C(O)CO)c1ccc(Cl)c(Cl)c1. The van der Waals surface area contributed by atoms with E-state index in [1.165, 1.54) is 6.92 Å². The van der Waals surface area contributed by atoms with Crippen LogP contribution in [-0.4, -0.2) is 28.9 Å². The van der Waals surface area contributed by atoms with Gasteiger partial charge in [-0.25, -0.2) is 0 Å². The number of aliphatic hydroxyl groups excluding tert-OH is 2. The Bertz CT molecular complexity index is 502. The van der Waals surface area contributed by atoms with Gasteiger partial charge in [0.2, 0.25) is 0 Å². The van der Waals surface area contributed by atoms with Crippen LogP contribution in [0.25, 0.3) is 0 Å². The highest BCUT2D eigenvalue weighted by atomic mass is 35.5. The average Bonchev–Trinajstić information content (AvgIpc) is 2.39. The van der Waals surface area contributed by atoms with Crippen molar-refractivity contribution in [2.75, 3.05) is 6.61 Å². The standard InChI is InChI=1S/C15H20Cl2O4/c1-9(19)21-13(7-15(2,3)14(20)8-18)10-4-5-11(16)12(17)6-10/h4-6,13-14,18,20H,7-8H2,1-3H3. The number of carbonyl (C=O) groups is 1. The molecule has 0 aliphatic heterocycles. The summed E-state index contributed by atoms with van der Waals surface area (Å²) in [6, 6.07) is 4.99. The van der Waals surface area contributed by atoms with Crippen LogP contribution in [0, 0.1) is 5.41 Å². The zero-order valence-electron chi connectivity index (χ0n) is 12.3. The van der Waals surface area contributed by atoms with E-state index in [0.717, 1.165) is 0 Å².